The highest BCUT2D eigenvalue weighted by Crippen LogP contribution is 2.42. The number of benzene rings is 11. The van der Waals surface area contributed by atoms with Gasteiger partial charge in [-0.3, -0.25) is 0 Å². The second-order valence-corrected chi connectivity index (χ2v) is 17.0. The van der Waals surface area contributed by atoms with E-state index in [0.29, 0.717) is 23.0 Å². The lowest BCUT2D eigenvalue weighted by molar-refractivity contribution is 1.07. The van der Waals surface area contributed by atoms with Gasteiger partial charge in [0.1, 0.15) is 0 Å². The van der Waals surface area contributed by atoms with Crippen LogP contribution in [-0.4, -0.2) is 15.0 Å². The van der Waals surface area contributed by atoms with E-state index in [9.17, 15) is 5.26 Å². The largest absolute Gasteiger partial charge is 0.208 e. The summed E-state index contributed by atoms with van der Waals surface area (Å²) < 4.78 is 0. The van der Waals surface area contributed by atoms with Gasteiger partial charge in [0.25, 0.3) is 0 Å². The van der Waals surface area contributed by atoms with E-state index >= 15 is 0 Å². The van der Waals surface area contributed by atoms with E-state index in [4.69, 9.17) is 15.0 Å². The molecular weight excluding hydrogens is 825 g/mol. The molecule has 0 fully saturated rings. The maximum Gasteiger partial charge on any atom is 0.164 e. The lowest BCUT2D eigenvalue weighted by Gasteiger charge is -2.17. The summed E-state index contributed by atoms with van der Waals surface area (Å²) in [6.07, 6.45) is 0. The second kappa shape index (κ2) is 17.2. The van der Waals surface area contributed by atoms with Crippen LogP contribution in [-0.2, 0) is 0 Å². The predicted molar refractivity (Wildman–Crippen MR) is 281 cm³/mol. The van der Waals surface area contributed by atoms with E-state index in [1.807, 2.05) is 42.5 Å². The predicted octanol–water partition coefficient (Wildman–Crippen LogP) is 16.5. The first kappa shape index (κ1) is 40.2. The van der Waals surface area contributed by atoms with E-state index in [-0.39, 0.29) is 0 Å². The molecular formula is C64H40N4. The van der Waals surface area contributed by atoms with Crippen LogP contribution in [0.1, 0.15) is 5.56 Å². The first-order valence-corrected chi connectivity index (χ1v) is 22.8. The Kier molecular flexibility index (Phi) is 10.2. The molecule has 0 radical (unpaired) electrons. The number of hydrogen-bond donors (Lipinski definition) is 0. The molecule has 1 heterocycles. The molecule has 0 amide bonds. The molecule has 12 aromatic rings. The van der Waals surface area contributed by atoms with Crippen molar-refractivity contribution in [2.24, 2.45) is 0 Å². The molecule has 0 aliphatic carbocycles. The van der Waals surface area contributed by atoms with Crippen molar-refractivity contribution in [1.29, 1.82) is 5.26 Å². The molecule has 4 nitrogen and oxygen atoms in total. The van der Waals surface area contributed by atoms with Crippen LogP contribution >= 0.6 is 0 Å². The third kappa shape index (κ3) is 7.45. The highest BCUT2D eigenvalue weighted by atomic mass is 15.0. The highest BCUT2D eigenvalue weighted by molar-refractivity contribution is 6.09. The summed E-state index contributed by atoms with van der Waals surface area (Å²) in [4.78, 5) is 15.1. The highest BCUT2D eigenvalue weighted by Gasteiger charge is 2.18. The lowest BCUT2D eigenvalue weighted by Crippen LogP contribution is -2.00. The van der Waals surface area contributed by atoms with E-state index in [1.54, 1.807) is 0 Å². The van der Waals surface area contributed by atoms with Gasteiger partial charge in [-0.1, -0.05) is 224 Å². The van der Waals surface area contributed by atoms with Crippen molar-refractivity contribution in [3.8, 4) is 95.9 Å². The van der Waals surface area contributed by atoms with Crippen LogP contribution < -0.4 is 0 Å². The quantitative estimate of drug-likeness (QED) is 0.143. The summed E-state index contributed by atoms with van der Waals surface area (Å²) in [5.74, 6) is 1.80. The van der Waals surface area contributed by atoms with Gasteiger partial charge in [0.15, 0.2) is 17.5 Å². The van der Waals surface area contributed by atoms with Crippen molar-refractivity contribution < 1.29 is 0 Å². The fraction of sp³-hybridized carbons (Fsp3) is 0. The van der Waals surface area contributed by atoms with Crippen LogP contribution in [0.3, 0.4) is 0 Å². The molecule has 0 bridgehead atoms. The lowest BCUT2D eigenvalue weighted by atomic mass is 9.86. The van der Waals surface area contributed by atoms with Crippen LogP contribution in [0.15, 0.2) is 243 Å². The molecule has 0 saturated carbocycles. The molecule has 316 valence electrons. The Labute approximate surface area is 394 Å². The monoisotopic (exact) mass is 864 g/mol. The Hall–Kier alpha value is -9.30. The molecule has 0 atom stereocenters. The number of hydrogen-bond acceptors (Lipinski definition) is 4. The maximum absolute atomic E-state index is 10.5. The van der Waals surface area contributed by atoms with E-state index in [0.717, 1.165) is 66.8 Å². The van der Waals surface area contributed by atoms with Crippen molar-refractivity contribution in [3.63, 3.8) is 0 Å². The van der Waals surface area contributed by atoms with Crippen molar-refractivity contribution >= 4 is 32.3 Å². The molecule has 0 saturated heterocycles. The number of nitriles is 1. The van der Waals surface area contributed by atoms with Crippen molar-refractivity contribution in [3.05, 3.63) is 248 Å². The standard InChI is InChI=1S/C64H40N4/c65-41-52-38-36-50(39-61(52)59-23-11-10-22-58(59)57-21-9-8-20-56(57)51-37-31-46-28-27-44-14-5-7-19-55(44)60(46)40-51)42-25-32-48(33-26-42)63-66-62(47-15-2-1-3-16-47)67-64(68-63)49-34-29-45(30-35-49)54-24-12-17-43-13-4-6-18-53(43)54/h1-40H. The number of fused-ring (bicyclic) bond motifs is 4. The van der Waals surface area contributed by atoms with E-state index in [1.165, 1.54) is 37.9 Å². The van der Waals surface area contributed by atoms with E-state index < -0.39 is 0 Å². The normalized spacial score (nSPS) is 11.2. The summed E-state index contributed by atoms with van der Waals surface area (Å²) in [6.45, 7) is 0. The Morgan fingerprint density at radius 2 is 0.676 bits per heavy atom. The average Bonchev–Trinajstić information content (AvgIpc) is 3.42. The molecule has 11 aromatic carbocycles. The van der Waals surface area contributed by atoms with Crippen molar-refractivity contribution in [2.45, 2.75) is 0 Å². The van der Waals surface area contributed by atoms with Gasteiger partial charge in [0.05, 0.1) is 11.6 Å². The van der Waals surface area contributed by atoms with Crippen LogP contribution in [0.2, 0.25) is 0 Å². The maximum atomic E-state index is 10.5. The second-order valence-electron chi connectivity index (χ2n) is 17.0. The molecule has 68 heavy (non-hydrogen) atoms. The summed E-state index contributed by atoms with van der Waals surface area (Å²) in [7, 11) is 0. The molecule has 0 unspecified atom stereocenters. The topological polar surface area (TPSA) is 62.5 Å². The number of nitrogens with zero attached hydrogens (tertiary/aromatic N) is 4. The molecule has 4 heteroatoms. The average molecular weight is 865 g/mol. The fourth-order valence-corrected chi connectivity index (χ4v) is 9.57. The minimum absolute atomic E-state index is 0.589. The molecule has 0 N–H and O–H groups in total. The Bertz CT molecular complexity index is 3900. The van der Waals surface area contributed by atoms with Gasteiger partial charge in [-0.15, -0.1) is 0 Å². The molecule has 12 rings (SSSR count). The van der Waals surface area contributed by atoms with Crippen LogP contribution in [0, 0.1) is 11.3 Å². The van der Waals surface area contributed by atoms with Crippen LogP contribution in [0.25, 0.3) is 122 Å². The zero-order valence-electron chi connectivity index (χ0n) is 36.9. The molecule has 0 spiro atoms. The smallest absolute Gasteiger partial charge is 0.164 e. The van der Waals surface area contributed by atoms with Crippen molar-refractivity contribution in [1.82, 2.24) is 15.0 Å². The minimum atomic E-state index is 0.589. The zero-order chi connectivity index (χ0) is 45.4. The van der Waals surface area contributed by atoms with Gasteiger partial charge in [-0.2, -0.15) is 5.26 Å². The summed E-state index contributed by atoms with van der Waals surface area (Å²) in [5.41, 5.74) is 14.0. The van der Waals surface area contributed by atoms with Gasteiger partial charge in [-0.05, 0) is 101 Å². The Balaban J connectivity index is 0.897. The van der Waals surface area contributed by atoms with Gasteiger partial charge in [0, 0.05) is 22.3 Å². The number of rotatable bonds is 8. The van der Waals surface area contributed by atoms with Gasteiger partial charge < -0.3 is 0 Å². The van der Waals surface area contributed by atoms with Gasteiger partial charge >= 0.3 is 0 Å². The van der Waals surface area contributed by atoms with Gasteiger partial charge in [-0.25, -0.2) is 15.0 Å². The molecule has 0 aliphatic rings. The number of aromatic nitrogens is 3. The van der Waals surface area contributed by atoms with Gasteiger partial charge in [0.2, 0.25) is 0 Å². The molecule has 1 aromatic heterocycles. The van der Waals surface area contributed by atoms with E-state index in [2.05, 4.69) is 206 Å². The Morgan fingerprint density at radius 1 is 0.250 bits per heavy atom. The van der Waals surface area contributed by atoms with Crippen LogP contribution in [0.5, 0.6) is 0 Å². The summed E-state index contributed by atoms with van der Waals surface area (Å²) in [6, 6.07) is 87.1. The Morgan fingerprint density at radius 3 is 1.34 bits per heavy atom. The van der Waals surface area contributed by atoms with Crippen molar-refractivity contribution in [2.75, 3.05) is 0 Å². The first-order chi connectivity index (χ1) is 33.6. The third-order valence-corrected chi connectivity index (χ3v) is 13.0. The third-order valence-electron chi connectivity index (χ3n) is 13.0. The summed E-state index contributed by atoms with van der Waals surface area (Å²) >= 11 is 0. The zero-order valence-corrected chi connectivity index (χ0v) is 36.9. The van der Waals surface area contributed by atoms with Crippen LogP contribution in [0.4, 0.5) is 0 Å². The fourth-order valence-electron chi connectivity index (χ4n) is 9.57. The molecule has 0 aliphatic heterocycles. The SMILES string of the molecule is N#Cc1ccc(-c2ccc(-c3nc(-c4ccccc4)nc(-c4ccc(-c5cccc6ccccc56)cc4)n3)cc2)cc1-c1ccccc1-c1ccccc1-c1ccc2ccc3ccccc3c2c1. The summed E-state index contributed by atoms with van der Waals surface area (Å²) in [5, 5.41) is 17.9. The first-order valence-electron chi connectivity index (χ1n) is 22.8. The minimum Gasteiger partial charge on any atom is -0.208 e.